The summed E-state index contributed by atoms with van der Waals surface area (Å²) in [5.74, 6) is -0.0950. The van der Waals surface area contributed by atoms with E-state index in [0.717, 1.165) is 11.3 Å². The van der Waals surface area contributed by atoms with E-state index in [9.17, 15) is 9.59 Å². The number of anilines is 2. The lowest BCUT2D eigenvalue weighted by molar-refractivity contribution is -0.129. The molecule has 0 bridgehead atoms. The maximum atomic E-state index is 12.3. The molecule has 7 nitrogen and oxygen atoms in total. The Kier molecular flexibility index (Phi) is 8.25. The number of morpholine rings is 1. The Bertz CT molecular complexity index is 788. The van der Waals surface area contributed by atoms with E-state index in [1.54, 1.807) is 6.07 Å². The molecule has 2 atom stereocenters. The smallest absolute Gasteiger partial charge is 0.323 e. The summed E-state index contributed by atoms with van der Waals surface area (Å²) in [6.45, 7) is 3.54. The molecule has 0 aliphatic carbocycles. The number of benzene rings is 2. The van der Waals surface area contributed by atoms with E-state index in [-0.39, 0.29) is 36.5 Å². The summed E-state index contributed by atoms with van der Waals surface area (Å²) >= 11 is 0. The van der Waals surface area contributed by atoms with Crippen molar-refractivity contribution in [3.05, 3.63) is 60.2 Å². The van der Waals surface area contributed by atoms with Crippen molar-refractivity contribution in [1.82, 2.24) is 10.6 Å². The first-order chi connectivity index (χ1) is 13.1. The van der Waals surface area contributed by atoms with Gasteiger partial charge >= 0.3 is 6.03 Å². The van der Waals surface area contributed by atoms with Gasteiger partial charge in [0.25, 0.3) is 0 Å². The van der Waals surface area contributed by atoms with Crippen molar-refractivity contribution in [3.8, 4) is 0 Å². The number of rotatable bonds is 5. The number of ether oxygens (including phenoxy) is 1. The molecule has 0 radical (unpaired) electrons. The van der Waals surface area contributed by atoms with E-state index in [0.29, 0.717) is 25.4 Å². The van der Waals surface area contributed by atoms with Crippen LogP contribution >= 0.6 is 12.4 Å². The van der Waals surface area contributed by atoms with Crippen LogP contribution in [0.4, 0.5) is 16.2 Å². The molecule has 4 N–H and O–H groups in total. The maximum absolute atomic E-state index is 12.3. The Hall–Kier alpha value is -2.61. The molecular weight excluding hydrogens is 380 g/mol. The van der Waals surface area contributed by atoms with Gasteiger partial charge in [0, 0.05) is 24.5 Å². The lowest BCUT2D eigenvalue weighted by Crippen LogP contribution is -2.55. The Balaban J connectivity index is 0.00000280. The summed E-state index contributed by atoms with van der Waals surface area (Å²) in [5, 5.41) is 11.6. The minimum absolute atomic E-state index is 0. The lowest BCUT2D eigenvalue weighted by atomic mass is 10.1. The number of halogens is 1. The van der Waals surface area contributed by atoms with Crippen LogP contribution in [-0.2, 0) is 16.1 Å². The van der Waals surface area contributed by atoms with Gasteiger partial charge in [0.2, 0.25) is 5.91 Å². The van der Waals surface area contributed by atoms with Crippen molar-refractivity contribution >= 4 is 35.7 Å². The summed E-state index contributed by atoms with van der Waals surface area (Å²) in [6.07, 6.45) is -0.159. The fourth-order valence-corrected chi connectivity index (χ4v) is 2.90. The Morgan fingerprint density at radius 1 is 1.07 bits per heavy atom. The standard InChI is InChI=1S/C20H24N4O3.ClH/c1-14-18(21-10-11-27-14)19(25)22-13-15-6-5-9-17(12-15)24-20(26)23-16-7-3-2-4-8-16;/h2-9,12,14,18,21H,10-11,13H2,1H3,(H,22,25)(H2,23,24,26);1H/t14-,18+;/m1./s1. The van der Waals surface area contributed by atoms with Gasteiger partial charge in [-0.15, -0.1) is 12.4 Å². The fraction of sp³-hybridized carbons (Fsp3) is 0.300. The summed E-state index contributed by atoms with van der Waals surface area (Å²) in [4.78, 5) is 24.4. The van der Waals surface area contributed by atoms with Gasteiger partial charge in [0.05, 0.1) is 12.7 Å². The van der Waals surface area contributed by atoms with Crippen LogP contribution in [0.2, 0.25) is 0 Å². The van der Waals surface area contributed by atoms with Crippen LogP contribution in [0.5, 0.6) is 0 Å². The first kappa shape index (κ1) is 21.7. The molecule has 0 spiro atoms. The van der Waals surface area contributed by atoms with Crippen LogP contribution in [0.25, 0.3) is 0 Å². The van der Waals surface area contributed by atoms with E-state index in [1.807, 2.05) is 55.5 Å². The third-order valence-electron chi connectivity index (χ3n) is 4.28. The van der Waals surface area contributed by atoms with Gasteiger partial charge in [-0.1, -0.05) is 30.3 Å². The number of carbonyl (C=O) groups excluding carboxylic acids is 2. The molecule has 1 aliphatic rings. The molecule has 0 unspecified atom stereocenters. The molecule has 1 aliphatic heterocycles. The molecule has 28 heavy (non-hydrogen) atoms. The Morgan fingerprint density at radius 2 is 1.79 bits per heavy atom. The van der Waals surface area contributed by atoms with Crippen molar-refractivity contribution in [2.45, 2.75) is 25.6 Å². The highest BCUT2D eigenvalue weighted by molar-refractivity contribution is 5.99. The highest BCUT2D eigenvalue weighted by Gasteiger charge is 2.27. The minimum Gasteiger partial charge on any atom is -0.375 e. The molecule has 0 aromatic heterocycles. The van der Waals surface area contributed by atoms with Gasteiger partial charge in [-0.05, 0) is 36.8 Å². The topological polar surface area (TPSA) is 91.5 Å². The zero-order valence-corrected chi connectivity index (χ0v) is 16.4. The Morgan fingerprint density at radius 3 is 2.54 bits per heavy atom. The number of hydrogen-bond donors (Lipinski definition) is 4. The van der Waals surface area contributed by atoms with Crippen LogP contribution in [0.3, 0.4) is 0 Å². The van der Waals surface area contributed by atoms with Crippen molar-refractivity contribution in [2.24, 2.45) is 0 Å². The molecule has 1 heterocycles. The molecule has 150 valence electrons. The SMILES string of the molecule is C[C@H]1OCCN[C@@H]1C(=O)NCc1cccc(NC(=O)Nc2ccccc2)c1.Cl. The molecule has 0 saturated carbocycles. The third kappa shape index (κ3) is 6.23. The predicted molar refractivity (Wildman–Crippen MR) is 112 cm³/mol. The third-order valence-corrected chi connectivity index (χ3v) is 4.28. The minimum atomic E-state index is -0.350. The number of para-hydroxylation sites is 1. The molecule has 2 aromatic carbocycles. The quantitative estimate of drug-likeness (QED) is 0.616. The van der Waals surface area contributed by atoms with Gasteiger partial charge in [-0.3, -0.25) is 4.79 Å². The molecule has 3 amide bonds. The summed E-state index contributed by atoms with van der Waals surface area (Å²) in [7, 11) is 0. The average Bonchev–Trinajstić information content (AvgIpc) is 2.67. The molecule has 2 aromatic rings. The number of nitrogens with one attached hydrogen (secondary N) is 4. The van der Waals surface area contributed by atoms with E-state index in [1.165, 1.54) is 0 Å². The van der Waals surface area contributed by atoms with Gasteiger partial charge in [0.1, 0.15) is 6.04 Å². The highest BCUT2D eigenvalue weighted by Crippen LogP contribution is 2.12. The lowest BCUT2D eigenvalue weighted by Gasteiger charge is -2.29. The van der Waals surface area contributed by atoms with Crippen molar-refractivity contribution in [3.63, 3.8) is 0 Å². The van der Waals surface area contributed by atoms with E-state index in [2.05, 4.69) is 21.3 Å². The second kappa shape index (κ2) is 10.7. The molecule has 8 heteroatoms. The molecule has 3 rings (SSSR count). The second-order valence-electron chi connectivity index (χ2n) is 6.37. The van der Waals surface area contributed by atoms with Gasteiger partial charge in [-0.25, -0.2) is 4.79 Å². The number of amides is 3. The van der Waals surface area contributed by atoms with E-state index < -0.39 is 0 Å². The normalized spacial score (nSPS) is 18.5. The van der Waals surface area contributed by atoms with Gasteiger partial charge in [-0.2, -0.15) is 0 Å². The zero-order chi connectivity index (χ0) is 19.1. The van der Waals surface area contributed by atoms with E-state index >= 15 is 0 Å². The fourth-order valence-electron chi connectivity index (χ4n) is 2.90. The van der Waals surface area contributed by atoms with Crippen molar-refractivity contribution in [2.75, 3.05) is 23.8 Å². The number of carbonyl (C=O) groups is 2. The van der Waals surface area contributed by atoms with Gasteiger partial charge < -0.3 is 26.0 Å². The summed E-state index contributed by atoms with van der Waals surface area (Å²) < 4.78 is 5.50. The first-order valence-corrected chi connectivity index (χ1v) is 8.96. The zero-order valence-electron chi connectivity index (χ0n) is 15.6. The Labute approximate surface area is 170 Å². The second-order valence-corrected chi connectivity index (χ2v) is 6.37. The predicted octanol–water partition coefficient (Wildman–Crippen LogP) is 2.75. The van der Waals surface area contributed by atoms with Crippen molar-refractivity contribution < 1.29 is 14.3 Å². The monoisotopic (exact) mass is 404 g/mol. The molecule has 1 fully saturated rings. The van der Waals surface area contributed by atoms with Crippen molar-refractivity contribution in [1.29, 1.82) is 0 Å². The molecular formula is C20H25ClN4O3. The summed E-state index contributed by atoms with van der Waals surface area (Å²) in [6, 6.07) is 15.9. The highest BCUT2D eigenvalue weighted by atomic mass is 35.5. The molecule has 1 saturated heterocycles. The summed E-state index contributed by atoms with van der Waals surface area (Å²) in [5.41, 5.74) is 2.27. The van der Waals surface area contributed by atoms with Crippen LogP contribution < -0.4 is 21.3 Å². The van der Waals surface area contributed by atoms with E-state index in [4.69, 9.17) is 4.74 Å². The van der Waals surface area contributed by atoms with Gasteiger partial charge in [0.15, 0.2) is 0 Å². The average molecular weight is 405 g/mol. The van der Waals surface area contributed by atoms with Crippen LogP contribution in [-0.4, -0.2) is 37.2 Å². The van der Waals surface area contributed by atoms with Crippen LogP contribution in [0.15, 0.2) is 54.6 Å². The van der Waals surface area contributed by atoms with Crippen LogP contribution in [0.1, 0.15) is 12.5 Å². The number of urea groups is 1. The largest absolute Gasteiger partial charge is 0.375 e. The van der Waals surface area contributed by atoms with Crippen LogP contribution in [0, 0.1) is 0 Å². The maximum Gasteiger partial charge on any atom is 0.323 e. The first-order valence-electron chi connectivity index (χ1n) is 8.96. The number of hydrogen-bond acceptors (Lipinski definition) is 4.